The van der Waals surface area contributed by atoms with Crippen LogP contribution in [-0.2, 0) is 4.79 Å². The van der Waals surface area contributed by atoms with E-state index in [4.69, 9.17) is 5.11 Å². The molecule has 16 heavy (non-hydrogen) atoms. The van der Waals surface area contributed by atoms with Crippen LogP contribution in [0.5, 0.6) is 0 Å². The summed E-state index contributed by atoms with van der Waals surface area (Å²) >= 11 is 0. The number of piperidine rings is 1. The maximum Gasteiger partial charge on any atom is 0.225 e. The zero-order valence-corrected chi connectivity index (χ0v) is 10.4. The standard InChI is InChI=1S/C12H24N2O2/c1-3-11(9-15)12(16)13-8-10-4-6-14(2)7-5-10/h10-11,15H,3-9H2,1-2H3,(H,13,16). The fraction of sp³-hybridized carbons (Fsp3) is 0.917. The third-order valence-electron chi connectivity index (χ3n) is 3.49. The summed E-state index contributed by atoms with van der Waals surface area (Å²) in [5, 5.41) is 12.0. The molecule has 0 aromatic heterocycles. The van der Waals surface area contributed by atoms with Crippen molar-refractivity contribution in [1.29, 1.82) is 0 Å². The number of likely N-dealkylation sites (tertiary alicyclic amines) is 1. The number of aliphatic hydroxyl groups is 1. The Labute approximate surface area is 98.0 Å². The predicted molar refractivity (Wildman–Crippen MR) is 64.1 cm³/mol. The molecule has 1 heterocycles. The van der Waals surface area contributed by atoms with E-state index in [9.17, 15) is 4.79 Å². The molecule has 1 saturated heterocycles. The van der Waals surface area contributed by atoms with Crippen molar-refractivity contribution in [3.63, 3.8) is 0 Å². The van der Waals surface area contributed by atoms with Crippen LogP contribution in [0.4, 0.5) is 0 Å². The minimum atomic E-state index is -0.230. The van der Waals surface area contributed by atoms with Crippen LogP contribution in [0.1, 0.15) is 26.2 Å². The van der Waals surface area contributed by atoms with Crippen LogP contribution in [0.2, 0.25) is 0 Å². The van der Waals surface area contributed by atoms with E-state index < -0.39 is 0 Å². The highest BCUT2D eigenvalue weighted by Crippen LogP contribution is 2.15. The van der Waals surface area contributed by atoms with E-state index in [1.165, 1.54) is 0 Å². The Morgan fingerprint density at radius 2 is 2.12 bits per heavy atom. The first kappa shape index (κ1) is 13.5. The highest BCUT2D eigenvalue weighted by Gasteiger charge is 2.19. The summed E-state index contributed by atoms with van der Waals surface area (Å²) in [5.41, 5.74) is 0. The van der Waals surface area contributed by atoms with Crippen molar-refractivity contribution in [3.05, 3.63) is 0 Å². The molecule has 0 aliphatic carbocycles. The van der Waals surface area contributed by atoms with Crippen LogP contribution in [0.3, 0.4) is 0 Å². The normalized spacial score (nSPS) is 20.7. The van der Waals surface area contributed by atoms with Crippen molar-refractivity contribution in [2.75, 3.05) is 33.3 Å². The van der Waals surface area contributed by atoms with Crippen molar-refractivity contribution >= 4 is 5.91 Å². The lowest BCUT2D eigenvalue weighted by molar-refractivity contribution is -0.126. The highest BCUT2D eigenvalue weighted by molar-refractivity contribution is 5.78. The molecule has 0 saturated carbocycles. The number of amides is 1. The molecule has 1 aliphatic heterocycles. The van der Waals surface area contributed by atoms with Gasteiger partial charge in [0.25, 0.3) is 0 Å². The smallest absolute Gasteiger partial charge is 0.225 e. The second kappa shape index (κ2) is 6.86. The lowest BCUT2D eigenvalue weighted by Gasteiger charge is -2.29. The molecule has 4 nitrogen and oxygen atoms in total. The number of nitrogens with one attached hydrogen (secondary N) is 1. The minimum Gasteiger partial charge on any atom is -0.396 e. The van der Waals surface area contributed by atoms with Gasteiger partial charge in [0.2, 0.25) is 5.91 Å². The van der Waals surface area contributed by atoms with Gasteiger partial charge in [-0.15, -0.1) is 0 Å². The summed E-state index contributed by atoms with van der Waals surface area (Å²) in [5.74, 6) is 0.381. The van der Waals surface area contributed by atoms with Gasteiger partial charge in [0.15, 0.2) is 0 Å². The van der Waals surface area contributed by atoms with Gasteiger partial charge >= 0.3 is 0 Å². The lowest BCUT2D eigenvalue weighted by atomic mass is 9.97. The summed E-state index contributed by atoms with van der Waals surface area (Å²) in [6.45, 7) is 4.89. The predicted octanol–water partition coefficient (Wildman–Crippen LogP) is 0.463. The molecule has 1 unspecified atom stereocenters. The average Bonchev–Trinajstić information content (AvgIpc) is 2.30. The van der Waals surface area contributed by atoms with Gasteiger partial charge in [-0.1, -0.05) is 6.92 Å². The number of rotatable bonds is 5. The Balaban J connectivity index is 2.21. The summed E-state index contributed by atoms with van der Waals surface area (Å²) in [6.07, 6.45) is 3.02. The van der Waals surface area contributed by atoms with Gasteiger partial charge < -0.3 is 15.3 Å². The third-order valence-corrected chi connectivity index (χ3v) is 3.49. The Bertz CT molecular complexity index is 209. The Morgan fingerprint density at radius 3 is 2.62 bits per heavy atom. The van der Waals surface area contributed by atoms with E-state index >= 15 is 0 Å². The number of hydrogen-bond donors (Lipinski definition) is 2. The van der Waals surface area contributed by atoms with E-state index in [1.807, 2.05) is 6.92 Å². The third kappa shape index (κ3) is 4.10. The van der Waals surface area contributed by atoms with Crippen molar-refractivity contribution in [3.8, 4) is 0 Å². The maximum atomic E-state index is 11.6. The van der Waals surface area contributed by atoms with Gasteiger partial charge in [-0.2, -0.15) is 0 Å². The topological polar surface area (TPSA) is 52.6 Å². The highest BCUT2D eigenvalue weighted by atomic mass is 16.3. The van der Waals surface area contributed by atoms with Crippen molar-refractivity contribution in [2.24, 2.45) is 11.8 Å². The fourth-order valence-electron chi connectivity index (χ4n) is 2.05. The summed E-state index contributed by atoms with van der Waals surface area (Å²) < 4.78 is 0. The Kier molecular flexibility index (Phi) is 5.77. The van der Waals surface area contributed by atoms with Crippen LogP contribution >= 0.6 is 0 Å². The molecule has 0 bridgehead atoms. The van der Waals surface area contributed by atoms with E-state index in [0.717, 1.165) is 32.5 Å². The van der Waals surface area contributed by atoms with Gasteiger partial charge in [-0.25, -0.2) is 0 Å². The molecule has 0 radical (unpaired) electrons. The molecule has 1 atom stereocenters. The number of nitrogens with zero attached hydrogens (tertiary/aromatic N) is 1. The quantitative estimate of drug-likeness (QED) is 0.719. The summed E-state index contributed by atoms with van der Waals surface area (Å²) in [7, 11) is 2.13. The van der Waals surface area contributed by atoms with Crippen molar-refractivity contribution in [1.82, 2.24) is 10.2 Å². The van der Waals surface area contributed by atoms with Crippen LogP contribution in [0.15, 0.2) is 0 Å². The zero-order chi connectivity index (χ0) is 12.0. The molecular formula is C12H24N2O2. The first-order valence-electron chi connectivity index (χ1n) is 6.24. The molecule has 0 spiro atoms. The van der Waals surface area contributed by atoms with E-state index in [0.29, 0.717) is 12.3 Å². The van der Waals surface area contributed by atoms with Crippen LogP contribution in [-0.4, -0.2) is 49.2 Å². The molecule has 0 aromatic carbocycles. The lowest BCUT2D eigenvalue weighted by Crippen LogP contribution is -2.39. The Hall–Kier alpha value is -0.610. The average molecular weight is 228 g/mol. The van der Waals surface area contributed by atoms with E-state index in [2.05, 4.69) is 17.3 Å². The second-order valence-corrected chi connectivity index (χ2v) is 4.78. The molecule has 4 heteroatoms. The second-order valence-electron chi connectivity index (χ2n) is 4.78. The molecule has 1 fully saturated rings. The van der Waals surface area contributed by atoms with Gasteiger partial charge in [-0.3, -0.25) is 4.79 Å². The van der Waals surface area contributed by atoms with Crippen molar-refractivity contribution in [2.45, 2.75) is 26.2 Å². The Morgan fingerprint density at radius 1 is 1.50 bits per heavy atom. The number of carbonyl (C=O) groups is 1. The van der Waals surface area contributed by atoms with E-state index in [1.54, 1.807) is 0 Å². The summed E-state index contributed by atoms with van der Waals surface area (Å²) in [4.78, 5) is 14.0. The van der Waals surface area contributed by atoms with Crippen LogP contribution in [0.25, 0.3) is 0 Å². The summed E-state index contributed by atoms with van der Waals surface area (Å²) in [6, 6.07) is 0. The molecular weight excluding hydrogens is 204 g/mol. The molecule has 94 valence electrons. The molecule has 1 amide bonds. The van der Waals surface area contributed by atoms with Gasteiger partial charge in [0.05, 0.1) is 12.5 Å². The van der Waals surface area contributed by atoms with E-state index in [-0.39, 0.29) is 18.4 Å². The zero-order valence-electron chi connectivity index (χ0n) is 10.4. The monoisotopic (exact) mass is 228 g/mol. The van der Waals surface area contributed by atoms with Gasteiger partial charge in [-0.05, 0) is 45.3 Å². The largest absolute Gasteiger partial charge is 0.396 e. The molecule has 1 aliphatic rings. The van der Waals surface area contributed by atoms with Gasteiger partial charge in [0.1, 0.15) is 0 Å². The number of carbonyl (C=O) groups excluding carboxylic acids is 1. The molecule has 1 rings (SSSR count). The fourth-order valence-corrected chi connectivity index (χ4v) is 2.05. The maximum absolute atomic E-state index is 11.6. The SMILES string of the molecule is CCC(CO)C(=O)NCC1CCN(C)CC1. The van der Waals surface area contributed by atoms with Crippen molar-refractivity contribution < 1.29 is 9.90 Å². The number of aliphatic hydroxyl groups excluding tert-OH is 1. The first-order valence-corrected chi connectivity index (χ1v) is 6.24. The van der Waals surface area contributed by atoms with Crippen LogP contribution in [0, 0.1) is 11.8 Å². The van der Waals surface area contributed by atoms with Crippen LogP contribution < -0.4 is 5.32 Å². The number of hydrogen-bond acceptors (Lipinski definition) is 3. The molecule has 0 aromatic rings. The molecule has 2 N–H and O–H groups in total. The first-order chi connectivity index (χ1) is 7.67. The minimum absolute atomic E-state index is 0.00364. The van der Waals surface area contributed by atoms with Gasteiger partial charge in [0, 0.05) is 6.54 Å².